The van der Waals surface area contributed by atoms with Crippen molar-refractivity contribution < 1.29 is 4.74 Å². The molecule has 1 aromatic heterocycles. The third-order valence-corrected chi connectivity index (χ3v) is 3.36. The average molecular weight is 231 g/mol. The van der Waals surface area contributed by atoms with E-state index in [0.29, 0.717) is 6.04 Å². The Labute approximate surface area is 100 Å². The fraction of sp³-hybridized carbons (Fsp3) is 0.462. The van der Waals surface area contributed by atoms with Crippen molar-refractivity contribution in [1.82, 2.24) is 10.2 Å². The molecule has 1 aliphatic rings. The van der Waals surface area contributed by atoms with Crippen LogP contribution < -0.4 is 5.32 Å². The van der Waals surface area contributed by atoms with Crippen LogP contribution in [0.15, 0.2) is 24.4 Å². The molecule has 90 valence electrons. The molecule has 1 aliphatic carbocycles. The number of nitrogens with one attached hydrogen (secondary N) is 2. The Bertz CT molecular complexity index is 504. The second kappa shape index (κ2) is 4.37. The Morgan fingerprint density at radius 2 is 2.41 bits per heavy atom. The Morgan fingerprint density at radius 1 is 1.53 bits per heavy atom. The summed E-state index contributed by atoms with van der Waals surface area (Å²) in [6.45, 7) is 0.763. The number of rotatable bonds is 5. The number of methoxy groups -OCH3 is 1. The van der Waals surface area contributed by atoms with Crippen molar-refractivity contribution in [3.8, 4) is 0 Å². The molecule has 17 heavy (non-hydrogen) atoms. The Morgan fingerprint density at radius 3 is 3.18 bits per heavy atom. The van der Waals surface area contributed by atoms with E-state index in [2.05, 4.69) is 21.6 Å². The van der Waals surface area contributed by atoms with Gasteiger partial charge in [-0.1, -0.05) is 6.07 Å². The maximum Gasteiger partial charge on any atom is 0.0671 e. The normalized spacial score (nSPS) is 17.2. The predicted molar refractivity (Wildman–Crippen MR) is 68.1 cm³/mol. The van der Waals surface area contributed by atoms with Gasteiger partial charge in [0.15, 0.2) is 0 Å². The first kappa shape index (κ1) is 10.6. The van der Waals surface area contributed by atoms with Gasteiger partial charge in [-0.15, -0.1) is 0 Å². The number of nitrogens with zero attached hydrogens (tertiary/aromatic N) is 1. The van der Waals surface area contributed by atoms with E-state index in [1.807, 2.05) is 18.3 Å². The lowest BCUT2D eigenvalue weighted by molar-refractivity contribution is 0.179. The molecule has 3 rings (SSSR count). The predicted octanol–water partition coefficient (Wildman–Crippen LogP) is 2.40. The molecule has 1 atom stereocenters. The summed E-state index contributed by atoms with van der Waals surface area (Å²) in [7, 11) is 1.76. The van der Waals surface area contributed by atoms with Crippen molar-refractivity contribution in [2.24, 2.45) is 5.92 Å². The number of anilines is 1. The van der Waals surface area contributed by atoms with E-state index in [9.17, 15) is 0 Å². The Hall–Kier alpha value is -1.55. The molecule has 0 amide bonds. The van der Waals surface area contributed by atoms with Crippen molar-refractivity contribution in [2.75, 3.05) is 19.0 Å². The van der Waals surface area contributed by atoms with Gasteiger partial charge in [-0.3, -0.25) is 5.10 Å². The van der Waals surface area contributed by atoms with Gasteiger partial charge in [-0.2, -0.15) is 5.10 Å². The van der Waals surface area contributed by atoms with Crippen LogP contribution in [0.1, 0.15) is 12.8 Å². The van der Waals surface area contributed by atoms with Crippen LogP contribution in [0.5, 0.6) is 0 Å². The highest BCUT2D eigenvalue weighted by Gasteiger charge is 2.31. The number of aromatic amines is 1. The second-order valence-electron chi connectivity index (χ2n) is 4.68. The molecule has 2 N–H and O–H groups in total. The van der Waals surface area contributed by atoms with Crippen LogP contribution in [-0.2, 0) is 4.74 Å². The molecule has 1 fully saturated rings. The van der Waals surface area contributed by atoms with E-state index in [0.717, 1.165) is 29.1 Å². The highest BCUT2D eigenvalue weighted by atomic mass is 16.5. The first-order valence-electron chi connectivity index (χ1n) is 6.06. The van der Waals surface area contributed by atoms with Crippen LogP contribution in [-0.4, -0.2) is 30.0 Å². The molecule has 0 spiro atoms. The summed E-state index contributed by atoms with van der Waals surface area (Å²) in [6, 6.07) is 6.60. The minimum Gasteiger partial charge on any atom is -0.383 e. The zero-order valence-electron chi connectivity index (χ0n) is 9.94. The van der Waals surface area contributed by atoms with E-state index in [-0.39, 0.29) is 0 Å². The van der Waals surface area contributed by atoms with Gasteiger partial charge in [-0.25, -0.2) is 0 Å². The number of hydrogen-bond donors (Lipinski definition) is 2. The standard InChI is InChI=1S/C13H17N3O/c1-17-8-13(9-5-6-9)15-11-3-2-4-12-10(11)7-14-16-12/h2-4,7,9,13,15H,5-6,8H2,1H3,(H,14,16). The molecule has 0 saturated heterocycles. The molecule has 2 aromatic rings. The lowest BCUT2D eigenvalue weighted by Crippen LogP contribution is -2.27. The summed E-state index contributed by atoms with van der Waals surface area (Å²) in [4.78, 5) is 0. The fourth-order valence-corrected chi connectivity index (χ4v) is 2.27. The van der Waals surface area contributed by atoms with Gasteiger partial charge < -0.3 is 10.1 Å². The average Bonchev–Trinajstić information content (AvgIpc) is 3.07. The van der Waals surface area contributed by atoms with E-state index in [1.54, 1.807) is 7.11 Å². The van der Waals surface area contributed by atoms with Gasteiger partial charge >= 0.3 is 0 Å². The monoisotopic (exact) mass is 231 g/mol. The highest BCUT2D eigenvalue weighted by Crippen LogP contribution is 2.35. The number of hydrogen-bond acceptors (Lipinski definition) is 3. The third kappa shape index (κ3) is 2.13. The van der Waals surface area contributed by atoms with Gasteiger partial charge in [0.25, 0.3) is 0 Å². The van der Waals surface area contributed by atoms with Crippen LogP contribution >= 0.6 is 0 Å². The highest BCUT2D eigenvalue weighted by molar-refractivity contribution is 5.90. The number of benzene rings is 1. The molecular formula is C13H17N3O. The third-order valence-electron chi connectivity index (χ3n) is 3.36. The van der Waals surface area contributed by atoms with E-state index < -0.39 is 0 Å². The smallest absolute Gasteiger partial charge is 0.0671 e. The number of ether oxygens (including phenoxy) is 1. The van der Waals surface area contributed by atoms with Crippen LogP contribution in [0.25, 0.3) is 10.9 Å². The van der Waals surface area contributed by atoms with Crippen LogP contribution in [0.4, 0.5) is 5.69 Å². The molecule has 0 aliphatic heterocycles. The van der Waals surface area contributed by atoms with Gasteiger partial charge in [0.1, 0.15) is 0 Å². The van der Waals surface area contributed by atoms with Gasteiger partial charge in [0.05, 0.1) is 24.4 Å². The van der Waals surface area contributed by atoms with Gasteiger partial charge in [0, 0.05) is 18.2 Å². The summed E-state index contributed by atoms with van der Waals surface area (Å²) < 4.78 is 5.29. The molecule has 4 nitrogen and oxygen atoms in total. The van der Waals surface area contributed by atoms with Crippen molar-refractivity contribution in [3.05, 3.63) is 24.4 Å². The molecular weight excluding hydrogens is 214 g/mol. The van der Waals surface area contributed by atoms with E-state index in [1.165, 1.54) is 12.8 Å². The zero-order chi connectivity index (χ0) is 11.7. The summed E-state index contributed by atoms with van der Waals surface area (Å²) >= 11 is 0. The summed E-state index contributed by atoms with van der Waals surface area (Å²) in [5.74, 6) is 0.761. The minimum absolute atomic E-state index is 0.417. The molecule has 0 radical (unpaired) electrons. The summed E-state index contributed by atoms with van der Waals surface area (Å²) in [5.41, 5.74) is 2.21. The van der Waals surface area contributed by atoms with Gasteiger partial charge in [-0.05, 0) is 30.9 Å². The molecule has 1 saturated carbocycles. The van der Waals surface area contributed by atoms with Crippen molar-refractivity contribution in [2.45, 2.75) is 18.9 Å². The maximum absolute atomic E-state index is 5.29. The molecule has 1 aromatic carbocycles. The second-order valence-corrected chi connectivity index (χ2v) is 4.68. The number of H-pyrrole nitrogens is 1. The molecule has 4 heteroatoms. The largest absolute Gasteiger partial charge is 0.383 e. The maximum atomic E-state index is 5.29. The summed E-state index contributed by atoms with van der Waals surface area (Å²) in [5, 5.41) is 11.8. The molecule has 1 unspecified atom stereocenters. The molecule has 0 bridgehead atoms. The first-order chi connectivity index (χ1) is 8.38. The van der Waals surface area contributed by atoms with E-state index in [4.69, 9.17) is 4.74 Å². The molecule has 1 heterocycles. The summed E-state index contributed by atoms with van der Waals surface area (Å²) in [6.07, 6.45) is 4.49. The van der Waals surface area contributed by atoms with Crippen molar-refractivity contribution >= 4 is 16.6 Å². The SMILES string of the molecule is COCC(Nc1cccc2[nH]ncc12)C1CC1. The lowest BCUT2D eigenvalue weighted by atomic mass is 10.1. The number of aromatic nitrogens is 2. The van der Waals surface area contributed by atoms with Crippen molar-refractivity contribution in [1.29, 1.82) is 0 Å². The fourth-order valence-electron chi connectivity index (χ4n) is 2.27. The van der Waals surface area contributed by atoms with Crippen LogP contribution in [0.2, 0.25) is 0 Å². The lowest BCUT2D eigenvalue weighted by Gasteiger charge is -2.19. The van der Waals surface area contributed by atoms with E-state index >= 15 is 0 Å². The quantitative estimate of drug-likeness (QED) is 0.830. The Kier molecular flexibility index (Phi) is 2.73. The van der Waals surface area contributed by atoms with Crippen LogP contribution in [0.3, 0.4) is 0 Å². The number of fused-ring (bicyclic) bond motifs is 1. The van der Waals surface area contributed by atoms with Gasteiger partial charge in [0.2, 0.25) is 0 Å². The van der Waals surface area contributed by atoms with Crippen molar-refractivity contribution in [3.63, 3.8) is 0 Å². The topological polar surface area (TPSA) is 49.9 Å². The van der Waals surface area contributed by atoms with Crippen LogP contribution in [0, 0.1) is 5.92 Å². The zero-order valence-corrected chi connectivity index (χ0v) is 9.94. The Balaban J connectivity index is 1.85. The minimum atomic E-state index is 0.417. The first-order valence-corrected chi connectivity index (χ1v) is 6.06.